The van der Waals surface area contributed by atoms with Gasteiger partial charge in [0.05, 0.1) is 18.0 Å². The smallest absolute Gasteiger partial charge is 0.335 e. The van der Waals surface area contributed by atoms with Crippen molar-refractivity contribution in [3.8, 4) is 0 Å². The minimum Gasteiger partial charge on any atom is -0.478 e. The van der Waals surface area contributed by atoms with E-state index >= 15 is 0 Å². The van der Waals surface area contributed by atoms with Gasteiger partial charge in [-0.05, 0) is 36.1 Å². The summed E-state index contributed by atoms with van der Waals surface area (Å²) in [6, 6.07) is 10.5. The third-order valence-corrected chi connectivity index (χ3v) is 4.50. The number of carbonyl (C=O) groups excluding carboxylic acids is 1. The van der Waals surface area contributed by atoms with Crippen molar-refractivity contribution in [1.29, 1.82) is 0 Å². The quantitative estimate of drug-likeness (QED) is 0.922. The van der Waals surface area contributed by atoms with Crippen LogP contribution in [0.2, 0.25) is 0 Å². The van der Waals surface area contributed by atoms with Gasteiger partial charge in [0, 0.05) is 11.9 Å². The first kappa shape index (κ1) is 15.3. The number of aromatic carboxylic acids is 1. The average molecular weight is 303 g/mol. The number of thiophene rings is 1. The maximum Gasteiger partial charge on any atom is 0.335 e. The number of nitrogens with zero attached hydrogens (tertiary/aromatic N) is 1. The molecule has 1 heterocycles. The Kier molecular flexibility index (Phi) is 4.75. The fourth-order valence-corrected chi connectivity index (χ4v) is 2.88. The van der Waals surface area contributed by atoms with Crippen LogP contribution >= 0.6 is 11.3 Å². The van der Waals surface area contributed by atoms with E-state index in [1.807, 2.05) is 24.4 Å². The van der Waals surface area contributed by atoms with Crippen LogP contribution in [0.3, 0.4) is 0 Å². The molecule has 0 saturated heterocycles. The van der Waals surface area contributed by atoms with Crippen molar-refractivity contribution in [1.82, 2.24) is 4.90 Å². The van der Waals surface area contributed by atoms with E-state index in [9.17, 15) is 9.59 Å². The van der Waals surface area contributed by atoms with E-state index in [1.54, 1.807) is 41.5 Å². The molecule has 2 aromatic rings. The average Bonchev–Trinajstić information content (AvgIpc) is 3.00. The van der Waals surface area contributed by atoms with E-state index in [0.29, 0.717) is 5.56 Å². The molecule has 2 rings (SSSR count). The summed E-state index contributed by atoms with van der Waals surface area (Å²) in [5, 5.41) is 11.0. The highest BCUT2D eigenvalue weighted by Gasteiger charge is 2.18. The Balaban J connectivity index is 2.07. The van der Waals surface area contributed by atoms with E-state index in [0.717, 1.165) is 4.88 Å². The number of carbonyl (C=O) groups is 2. The highest BCUT2D eigenvalue weighted by atomic mass is 32.1. The summed E-state index contributed by atoms with van der Waals surface area (Å²) in [5.74, 6) is -1.01. The second-order valence-electron chi connectivity index (χ2n) is 4.88. The second kappa shape index (κ2) is 6.54. The Bertz CT molecular complexity index is 637. The van der Waals surface area contributed by atoms with Crippen LogP contribution in [-0.4, -0.2) is 28.9 Å². The lowest BCUT2D eigenvalue weighted by molar-refractivity contribution is -0.131. The van der Waals surface area contributed by atoms with Gasteiger partial charge in [-0.2, -0.15) is 0 Å². The van der Waals surface area contributed by atoms with E-state index in [1.165, 1.54) is 6.07 Å². The molecule has 0 saturated carbocycles. The second-order valence-corrected chi connectivity index (χ2v) is 5.86. The lowest BCUT2D eigenvalue weighted by atomic mass is 10.1. The van der Waals surface area contributed by atoms with Crippen LogP contribution < -0.4 is 0 Å². The molecule has 4 nitrogen and oxygen atoms in total. The molecule has 0 radical (unpaired) electrons. The van der Waals surface area contributed by atoms with Crippen LogP contribution in [0.1, 0.15) is 33.8 Å². The van der Waals surface area contributed by atoms with Crippen molar-refractivity contribution >= 4 is 23.2 Å². The molecule has 1 atom stereocenters. The Morgan fingerprint density at radius 1 is 1.29 bits per heavy atom. The van der Waals surface area contributed by atoms with Gasteiger partial charge in [-0.3, -0.25) is 4.79 Å². The number of amides is 1. The van der Waals surface area contributed by atoms with Gasteiger partial charge in [0.25, 0.3) is 0 Å². The summed E-state index contributed by atoms with van der Waals surface area (Å²) in [5.41, 5.74) is 0.916. The van der Waals surface area contributed by atoms with Crippen molar-refractivity contribution in [3.05, 3.63) is 57.8 Å². The zero-order valence-electron chi connectivity index (χ0n) is 11.9. The van der Waals surface area contributed by atoms with Gasteiger partial charge in [0.2, 0.25) is 5.91 Å². The Labute approximate surface area is 127 Å². The van der Waals surface area contributed by atoms with Gasteiger partial charge >= 0.3 is 5.97 Å². The van der Waals surface area contributed by atoms with Crippen LogP contribution in [0, 0.1) is 0 Å². The fourth-order valence-electron chi connectivity index (χ4n) is 2.05. The zero-order chi connectivity index (χ0) is 15.4. The predicted molar refractivity (Wildman–Crippen MR) is 82.6 cm³/mol. The number of hydrogen-bond acceptors (Lipinski definition) is 3. The zero-order valence-corrected chi connectivity index (χ0v) is 12.8. The molecule has 21 heavy (non-hydrogen) atoms. The Hall–Kier alpha value is -2.14. The molecular weight excluding hydrogens is 286 g/mol. The minimum absolute atomic E-state index is 0.0140. The van der Waals surface area contributed by atoms with Crippen molar-refractivity contribution in [2.45, 2.75) is 19.4 Å². The molecule has 1 aromatic heterocycles. The summed E-state index contributed by atoms with van der Waals surface area (Å²) in [6.45, 7) is 1.98. The molecule has 0 aliphatic carbocycles. The molecule has 0 bridgehead atoms. The van der Waals surface area contributed by atoms with Crippen molar-refractivity contribution in [3.63, 3.8) is 0 Å². The van der Waals surface area contributed by atoms with Gasteiger partial charge in [-0.15, -0.1) is 11.3 Å². The fraction of sp³-hybridized carbons (Fsp3) is 0.250. The summed E-state index contributed by atoms with van der Waals surface area (Å²) in [6.07, 6.45) is 0.202. The van der Waals surface area contributed by atoms with E-state index < -0.39 is 5.97 Å². The molecule has 1 amide bonds. The van der Waals surface area contributed by atoms with E-state index in [4.69, 9.17) is 5.11 Å². The Morgan fingerprint density at radius 2 is 2.05 bits per heavy atom. The molecular formula is C16H17NO3S. The largest absolute Gasteiger partial charge is 0.478 e. The van der Waals surface area contributed by atoms with Crippen LogP contribution in [0.4, 0.5) is 0 Å². The summed E-state index contributed by atoms with van der Waals surface area (Å²) in [7, 11) is 1.77. The summed E-state index contributed by atoms with van der Waals surface area (Å²) in [4.78, 5) is 26.1. The number of benzene rings is 1. The third-order valence-electron chi connectivity index (χ3n) is 3.46. The lowest BCUT2D eigenvalue weighted by Gasteiger charge is -2.24. The molecule has 0 fully saturated rings. The molecule has 0 spiro atoms. The molecule has 1 aromatic carbocycles. The Morgan fingerprint density at radius 3 is 2.67 bits per heavy atom. The summed E-state index contributed by atoms with van der Waals surface area (Å²) < 4.78 is 0. The first-order chi connectivity index (χ1) is 9.99. The van der Waals surface area contributed by atoms with Crippen molar-refractivity contribution < 1.29 is 14.7 Å². The van der Waals surface area contributed by atoms with Gasteiger partial charge in [0.15, 0.2) is 0 Å². The first-order valence-corrected chi connectivity index (χ1v) is 7.48. The maximum atomic E-state index is 12.3. The number of carboxylic acids is 1. The number of rotatable bonds is 5. The maximum absolute atomic E-state index is 12.3. The van der Waals surface area contributed by atoms with E-state index in [-0.39, 0.29) is 23.9 Å². The standard InChI is InChI=1S/C16H17NO3S/c1-11(14-7-4-8-21-14)17(2)15(18)10-12-5-3-6-13(9-12)16(19)20/h3-9,11H,10H2,1-2H3,(H,19,20). The minimum atomic E-state index is -0.982. The van der Waals surface area contributed by atoms with Gasteiger partial charge in [-0.25, -0.2) is 4.79 Å². The highest BCUT2D eigenvalue weighted by Crippen LogP contribution is 2.24. The highest BCUT2D eigenvalue weighted by molar-refractivity contribution is 7.10. The van der Waals surface area contributed by atoms with Gasteiger partial charge in [-0.1, -0.05) is 18.2 Å². The van der Waals surface area contributed by atoms with Gasteiger partial charge < -0.3 is 10.0 Å². The molecule has 110 valence electrons. The number of likely N-dealkylation sites (N-methyl/N-ethyl adjacent to an activating group) is 1. The van der Waals surface area contributed by atoms with Crippen LogP contribution in [0.15, 0.2) is 41.8 Å². The molecule has 1 N–H and O–H groups in total. The SMILES string of the molecule is CC(c1cccs1)N(C)C(=O)Cc1cccc(C(=O)O)c1. The molecule has 0 aliphatic heterocycles. The monoisotopic (exact) mass is 303 g/mol. The van der Waals surface area contributed by atoms with Crippen LogP contribution in [0.5, 0.6) is 0 Å². The summed E-state index contributed by atoms with van der Waals surface area (Å²) >= 11 is 1.62. The topological polar surface area (TPSA) is 57.6 Å². The van der Waals surface area contributed by atoms with Crippen molar-refractivity contribution in [2.24, 2.45) is 0 Å². The third kappa shape index (κ3) is 3.70. The van der Waals surface area contributed by atoms with Crippen LogP contribution in [0.25, 0.3) is 0 Å². The first-order valence-electron chi connectivity index (χ1n) is 6.60. The molecule has 0 aliphatic rings. The van der Waals surface area contributed by atoms with Crippen LogP contribution in [-0.2, 0) is 11.2 Å². The normalized spacial score (nSPS) is 11.9. The molecule has 1 unspecified atom stereocenters. The number of hydrogen-bond donors (Lipinski definition) is 1. The molecule has 5 heteroatoms. The van der Waals surface area contributed by atoms with E-state index in [2.05, 4.69) is 0 Å². The van der Waals surface area contributed by atoms with Crippen molar-refractivity contribution in [2.75, 3.05) is 7.05 Å². The lowest BCUT2D eigenvalue weighted by Crippen LogP contribution is -2.30. The van der Waals surface area contributed by atoms with Gasteiger partial charge in [0.1, 0.15) is 0 Å². The predicted octanol–water partition coefficient (Wildman–Crippen LogP) is 3.21. The number of carboxylic acid groups (broad SMARTS) is 1.